The van der Waals surface area contributed by atoms with Gasteiger partial charge in [0.25, 0.3) is 5.56 Å². The van der Waals surface area contributed by atoms with E-state index in [0.29, 0.717) is 13.1 Å². The van der Waals surface area contributed by atoms with Crippen LogP contribution in [0.25, 0.3) is 10.9 Å². The number of pyridine rings is 1. The van der Waals surface area contributed by atoms with Gasteiger partial charge in [0.2, 0.25) is 0 Å². The van der Waals surface area contributed by atoms with E-state index in [2.05, 4.69) is 0 Å². The third kappa shape index (κ3) is 3.33. The molecule has 0 aliphatic heterocycles. The van der Waals surface area contributed by atoms with Gasteiger partial charge in [-0.05, 0) is 54.1 Å². The molecule has 2 aromatic heterocycles. The van der Waals surface area contributed by atoms with Gasteiger partial charge in [-0.25, -0.2) is 8.78 Å². The molecule has 0 atom stereocenters. The van der Waals surface area contributed by atoms with E-state index in [4.69, 9.17) is 5.73 Å². The molecule has 0 saturated carbocycles. The Morgan fingerprint density at radius 2 is 1.63 bits per heavy atom. The number of anilines is 1. The van der Waals surface area contributed by atoms with Crippen molar-refractivity contribution in [2.75, 3.05) is 5.73 Å². The summed E-state index contributed by atoms with van der Waals surface area (Å²) < 4.78 is 30.4. The van der Waals surface area contributed by atoms with Crippen molar-refractivity contribution in [2.45, 2.75) is 13.1 Å². The van der Waals surface area contributed by atoms with E-state index in [1.165, 1.54) is 28.8 Å². The van der Waals surface area contributed by atoms with Gasteiger partial charge in [-0.2, -0.15) is 0 Å². The number of nitrogens with zero attached hydrogens (tertiary/aromatic N) is 2. The molecule has 2 heterocycles. The molecule has 0 aliphatic rings. The molecule has 136 valence electrons. The minimum absolute atomic E-state index is 0.171. The number of halogens is 2. The zero-order valence-corrected chi connectivity index (χ0v) is 14.4. The highest BCUT2D eigenvalue weighted by Gasteiger charge is 2.12. The molecule has 0 fully saturated rings. The lowest BCUT2D eigenvalue weighted by Gasteiger charge is -2.13. The Morgan fingerprint density at radius 1 is 0.889 bits per heavy atom. The number of aromatic nitrogens is 2. The molecule has 6 heteroatoms. The van der Waals surface area contributed by atoms with E-state index in [9.17, 15) is 13.6 Å². The molecule has 2 aromatic carbocycles. The molecule has 4 aromatic rings. The smallest absolute Gasteiger partial charge is 0.274 e. The lowest BCUT2D eigenvalue weighted by Crippen LogP contribution is -2.23. The van der Waals surface area contributed by atoms with E-state index in [1.807, 2.05) is 10.6 Å². The Morgan fingerprint density at radius 3 is 2.41 bits per heavy atom. The molecule has 0 bridgehead atoms. The van der Waals surface area contributed by atoms with Crippen LogP contribution in [0.1, 0.15) is 11.3 Å². The minimum atomic E-state index is -0.325. The maximum atomic E-state index is 13.7. The number of hydrogen-bond donors (Lipinski definition) is 1. The number of nitrogen functional groups attached to an aromatic ring is 1. The average Bonchev–Trinajstić information content (AvgIpc) is 2.97. The second-order valence-corrected chi connectivity index (χ2v) is 6.45. The van der Waals surface area contributed by atoms with Crippen molar-refractivity contribution < 1.29 is 8.78 Å². The maximum Gasteiger partial charge on any atom is 0.274 e. The molecule has 0 unspecified atom stereocenters. The number of benzene rings is 2. The summed E-state index contributed by atoms with van der Waals surface area (Å²) in [5, 5.41) is 0.740. The normalized spacial score (nSPS) is 11.2. The highest BCUT2D eigenvalue weighted by molar-refractivity contribution is 5.81. The molecule has 4 rings (SSSR count). The van der Waals surface area contributed by atoms with E-state index < -0.39 is 0 Å². The number of fused-ring (bicyclic) bond motifs is 1. The van der Waals surface area contributed by atoms with E-state index in [1.54, 1.807) is 36.5 Å². The quantitative estimate of drug-likeness (QED) is 0.599. The van der Waals surface area contributed by atoms with Crippen LogP contribution in [0, 0.1) is 11.6 Å². The summed E-state index contributed by atoms with van der Waals surface area (Å²) in [5.41, 5.74) is 8.18. The Bertz CT molecular complexity index is 1180. The summed E-state index contributed by atoms with van der Waals surface area (Å²) in [5.74, 6) is -0.626. The Hall–Kier alpha value is -3.41. The summed E-state index contributed by atoms with van der Waals surface area (Å²) in [6.45, 7) is 0.767. The van der Waals surface area contributed by atoms with Gasteiger partial charge in [0.15, 0.2) is 0 Å². The molecule has 27 heavy (non-hydrogen) atoms. The number of hydrogen-bond acceptors (Lipinski definition) is 2. The summed E-state index contributed by atoms with van der Waals surface area (Å²) in [4.78, 5) is 12.3. The van der Waals surface area contributed by atoms with E-state index >= 15 is 0 Å². The van der Waals surface area contributed by atoms with Crippen molar-refractivity contribution in [1.29, 1.82) is 0 Å². The van der Waals surface area contributed by atoms with Crippen molar-refractivity contribution in [3.05, 3.63) is 100 Å². The number of nitrogens with two attached hydrogens (primary N) is 1. The third-order valence-corrected chi connectivity index (χ3v) is 4.59. The molecule has 0 amide bonds. The van der Waals surface area contributed by atoms with E-state index in [0.717, 1.165) is 22.2 Å². The standard InChI is InChI=1S/C21H17F2N3O/c22-16-5-3-14(4-6-16)12-26-18(11-15-10-17(23)7-8-20(15)26)13-25-9-1-2-19(24)21(25)27/h1-11H,12-13,24H2. The first-order valence-corrected chi connectivity index (χ1v) is 8.48. The lowest BCUT2D eigenvalue weighted by molar-refractivity contribution is 0.625. The first-order valence-electron chi connectivity index (χ1n) is 8.48. The second kappa shape index (κ2) is 6.72. The summed E-state index contributed by atoms with van der Waals surface area (Å²) in [6, 6.07) is 15.9. The van der Waals surface area contributed by atoms with Crippen LogP contribution in [-0.2, 0) is 13.1 Å². The molecular formula is C21H17F2N3O. The fraction of sp³-hybridized carbons (Fsp3) is 0.0952. The fourth-order valence-corrected chi connectivity index (χ4v) is 3.24. The first kappa shape index (κ1) is 17.0. The molecule has 4 nitrogen and oxygen atoms in total. The molecule has 2 N–H and O–H groups in total. The van der Waals surface area contributed by atoms with Gasteiger partial charge in [-0.15, -0.1) is 0 Å². The Kier molecular flexibility index (Phi) is 4.24. The van der Waals surface area contributed by atoms with E-state index in [-0.39, 0.29) is 22.9 Å². The van der Waals surface area contributed by atoms with Gasteiger partial charge >= 0.3 is 0 Å². The van der Waals surface area contributed by atoms with Gasteiger partial charge in [-0.1, -0.05) is 12.1 Å². The minimum Gasteiger partial charge on any atom is -0.394 e. The Balaban J connectivity index is 1.82. The third-order valence-electron chi connectivity index (χ3n) is 4.59. The van der Waals surface area contributed by atoms with Crippen molar-refractivity contribution in [1.82, 2.24) is 9.13 Å². The van der Waals surface area contributed by atoms with Gasteiger partial charge in [0.05, 0.1) is 12.2 Å². The zero-order chi connectivity index (χ0) is 19.0. The maximum absolute atomic E-state index is 13.7. The summed E-state index contributed by atoms with van der Waals surface area (Å²) in [6.07, 6.45) is 1.67. The van der Waals surface area contributed by atoms with Gasteiger partial charge in [0.1, 0.15) is 11.6 Å². The van der Waals surface area contributed by atoms with Crippen LogP contribution in [0.4, 0.5) is 14.5 Å². The van der Waals surface area contributed by atoms with Crippen LogP contribution in [0.5, 0.6) is 0 Å². The van der Waals surface area contributed by atoms with Crippen LogP contribution in [0.2, 0.25) is 0 Å². The van der Waals surface area contributed by atoms with Gasteiger partial charge < -0.3 is 14.9 Å². The van der Waals surface area contributed by atoms with Crippen LogP contribution in [0.15, 0.2) is 71.7 Å². The topological polar surface area (TPSA) is 52.9 Å². The van der Waals surface area contributed by atoms with Gasteiger partial charge in [0, 0.05) is 29.3 Å². The van der Waals surface area contributed by atoms with Crippen LogP contribution < -0.4 is 11.3 Å². The fourth-order valence-electron chi connectivity index (χ4n) is 3.24. The van der Waals surface area contributed by atoms with Crippen LogP contribution in [0.3, 0.4) is 0 Å². The lowest BCUT2D eigenvalue weighted by atomic mass is 10.2. The molecular weight excluding hydrogens is 348 g/mol. The highest BCUT2D eigenvalue weighted by atomic mass is 19.1. The highest BCUT2D eigenvalue weighted by Crippen LogP contribution is 2.23. The predicted molar refractivity (Wildman–Crippen MR) is 102 cm³/mol. The monoisotopic (exact) mass is 365 g/mol. The zero-order valence-electron chi connectivity index (χ0n) is 14.4. The van der Waals surface area contributed by atoms with Crippen LogP contribution >= 0.6 is 0 Å². The largest absolute Gasteiger partial charge is 0.394 e. The predicted octanol–water partition coefficient (Wildman–Crippen LogP) is 3.76. The molecule has 0 spiro atoms. The van der Waals surface area contributed by atoms with Gasteiger partial charge in [-0.3, -0.25) is 4.79 Å². The molecule has 0 saturated heterocycles. The van der Waals surface area contributed by atoms with Crippen molar-refractivity contribution in [3.63, 3.8) is 0 Å². The average molecular weight is 365 g/mol. The first-order chi connectivity index (χ1) is 13.0. The SMILES string of the molecule is Nc1cccn(Cc2cc3cc(F)ccc3n2Cc2ccc(F)cc2)c1=O. The summed E-state index contributed by atoms with van der Waals surface area (Å²) >= 11 is 0. The molecule has 0 radical (unpaired) electrons. The van der Waals surface area contributed by atoms with Crippen molar-refractivity contribution >= 4 is 16.6 Å². The number of rotatable bonds is 4. The second-order valence-electron chi connectivity index (χ2n) is 6.45. The Labute approximate surface area is 154 Å². The molecule has 0 aliphatic carbocycles. The van der Waals surface area contributed by atoms with Crippen molar-refractivity contribution in [2.24, 2.45) is 0 Å². The van der Waals surface area contributed by atoms with Crippen molar-refractivity contribution in [3.8, 4) is 0 Å². The summed E-state index contributed by atoms with van der Waals surface area (Å²) in [7, 11) is 0. The van der Waals surface area contributed by atoms with Crippen LogP contribution in [-0.4, -0.2) is 9.13 Å².